The lowest BCUT2D eigenvalue weighted by Gasteiger charge is -2.40. The van der Waals surface area contributed by atoms with Crippen LogP contribution in [0.2, 0.25) is 0 Å². The number of aromatic nitrogens is 1. The Labute approximate surface area is 161 Å². The Morgan fingerprint density at radius 1 is 1.11 bits per heavy atom. The molecule has 0 atom stereocenters. The predicted octanol–water partition coefficient (Wildman–Crippen LogP) is 3.29. The Morgan fingerprint density at radius 3 is 2.43 bits per heavy atom. The van der Waals surface area contributed by atoms with Crippen LogP contribution >= 0.6 is 0 Å². The molecular weight excluding hydrogens is 359 g/mol. The fourth-order valence-electron chi connectivity index (χ4n) is 3.31. The minimum absolute atomic E-state index is 0.143. The summed E-state index contributed by atoms with van der Waals surface area (Å²) in [6.45, 7) is 0.429. The Kier molecular flexibility index (Phi) is 4.90. The Hall–Kier alpha value is -3.09. The number of amides is 1. The summed E-state index contributed by atoms with van der Waals surface area (Å²) >= 11 is 0. The van der Waals surface area contributed by atoms with E-state index in [0.717, 1.165) is 16.7 Å². The van der Waals surface area contributed by atoms with Crippen LogP contribution in [0.1, 0.15) is 11.3 Å². The molecule has 28 heavy (non-hydrogen) atoms. The molecule has 0 unspecified atom stereocenters. The molecule has 3 aromatic rings. The standard InChI is InChI=1S/C22H19FN2O3/c23-17-7-9-18(10-8-17)25-21(27)22(13-28-14-22)16-5-3-15(4-6-16)19-2-1-11-24-20(19)12-26/h1-11,26H,12-14H2,(H,25,27). The van der Waals surface area contributed by atoms with E-state index >= 15 is 0 Å². The van der Waals surface area contributed by atoms with Crippen LogP contribution in [0.5, 0.6) is 0 Å². The van der Waals surface area contributed by atoms with Gasteiger partial charge in [-0.05, 0) is 41.5 Å². The van der Waals surface area contributed by atoms with Crippen LogP contribution < -0.4 is 5.32 Å². The molecule has 1 aromatic heterocycles. The van der Waals surface area contributed by atoms with Crippen molar-refractivity contribution >= 4 is 11.6 Å². The minimum atomic E-state index is -0.776. The Balaban J connectivity index is 1.59. The summed E-state index contributed by atoms with van der Waals surface area (Å²) in [4.78, 5) is 17.1. The average Bonchev–Trinajstić information content (AvgIpc) is 2.69. The van der Waals surface area contributed by atoms with Gasteiger partial charge in [0.05, 0.1) is 25.5 Å². The van der Waals surface area contributed by atoms with Crippen molar-refractivity contribution in [3.05, 3.63) is 83.9 Å². The zero-order valence-electron chi connectivity index (χ0n) is 15.1. The van der Waals surface area contributed by atoms with Crippen LogP contribution in [0.15, 0.2) is 66.9 Å². The number of rotatable bonds is 5. The maximum absolute atomic E-state index is 13.1. The van der Waals surface area contributed by atoms with E-state index in [9.17, 15) is 14.3 Å². The summed E-state index contributed by atoms with van der Waals surface area (Å²) in [5.74, 6) is -0.538. The molecule has 0 radical (unpaired) electrons. The molecular formula is C22H19FN2O3. The number of halogens is 1. The summed E-state index contributed by atoms with van der Waals surface area (Å²) in [5, 5.41) is 12.3. The summed E-state index contributed by atoms with van der Waals surface area (Å²) in [5.41, 5.74) is 2.98. The highest BCUT2D eigenvalue weighted by Crippen LogP contribution is 2.35. The highest BCUT2D eigenvalue weighted by molar-refractivity contribution is 6.00. The second-order valence-corrected chi connectivity index (χ2v) is 6.77. The van der Waals surface area contributed by atoms with E-state index in [1.807, 2.05) is 36.4 Å². The van der Waals surface area contributed by atoms with Gasteiger partial charge in [0, 0.05) is 17.4 Å². The van der Waals surface area contributed by atoms with Gasteiger partial charge in [-0.1, -0.05) is 30.3 Å². The van der Waals surface area contributed by atoms with E-state index < -0.39 is 5.41 Å². The Bertz CT molecular complexity index is 983. The zero-order valence-corrected chi connectivity index (χ0v) is 15.1. The van der Waals surface area contributed by atoms with Gasteiger partial charge in [0.2, 0.25) is 5.91 Å². The molecule has 0 aliphatic carbocycles. The molecule has 0 spiro atoms. The minimum Gasteiger partial charge on any atom is -0.390 e. The van der Waals surface area contributed by atoms with Gasteiger partial charge in [-0.3, -0.25) is 9.78 Å². The smallest absolute Gasteiger partial charge is 0.239 e. The van der Waals surface area contributed by atoms with Crippen LogP contribution in [0.3, 0.4) is 0 Å². The van der Waals surface area contributed by atoms with E-state index in [1.54, 1.807) is 6.20 Å². The van der Waals surface area contributed by atoms with E-state index in [4.69, 9.17) is 4.74 Å². The van der Waals surface area contributed by atoms with E-state index in [0.29, 0.717) is 11.4 Å². The first-order valence-electron chi connectivity index (χ1n) is 8.93. The fraction of sp³-hybridized carbons (Fsp3) is 0.182. The third-order valence-corrected chi connectivity index (χ3v) is 5.02. The van der Waals surface area contributed by atoms with Crippen molar-refractivity contribution in [1.29, 1.82) is 0 Å². The summed E-state index contributed by atoms with van der Waals surface area (Å²) < 4.78 is 18.4. The normalized spacial score (nSPS) is 14.9. The van der Waals surface area contributed by atoms with Crippen molar-refractivity contribution < 1.29 is 19.0 Å². The number of carbonyl (C=O) groups is 1. The molecule has 1 amide bonds. The Morgan fingerprint density at radius 2 is 1.82 bits per heavy atom. The second kappa shape index (κ2) is 7.50. The lowest BCUT2D eigenvalue weighted by Crippen LogP contribution is -2.55. The van der Waals surface area contributed by atoms with Crippen LogP contribution in [0.25, 0.3) is 11.1 Å². The second-order valence-electron chi connectivity index (χ2n) is 6.77. The average molecular weight is 378 g/mol. The van der Waals surface area contributed by atoms with E-state index in [2.05, 4.69) is 10.3 Å². The quantitative estimate of drug-likeness (QED) is 0.715. The molecule has 0 bridgehead atoms. The summed E-state index contributed by atoms with van der Waals surface area (Å²) in [6.07, 6.45) is 1.64. The maximum atomic E-state index is 13.1. The molecule has 142 valence electrons. The number of nitrogens with zero attached hydrogens (tertiary/aromatic N) is 1. The molecule has 1 saturated heterocycles. The first kappa shape index (κ1) is 18.3. The van der Waals surface area contributed by atoms with Gasteiger partial charge in [-0.2, -0.15) is 0 Å². The monoisotopic (exact) mass is 378 g/mol. The number of ether oxygens (including phenoxy) is 1. The zero-order chi connectivity index (χ0) is 19.6. The number of aliphatic hydroxyl groups is 1. The molecule has 0 saturated carbocycles. The van der Waals surface area contributed by atoms with Crippen molar-refractivity contribution in [3.63, 3.8) is 0 Å². The molecule has 1 aliphatic rings. The molecule has 2 aromatic carbocycles. The highest BCUT2D eigenvalue weighted by atomic mass is 19.1. The van der Waals surface area contributed by atoms with Crippen molar-refractivity contribution in [2.24, 2.45) is 0 Å². The van der Waals surface area contributed by atoms with Gasteiger partial charge in [-0.15, -0.1) is 0 Å². The first-order chi connectivity index (χ1) is 13.6. The highest BCUT2D eigenvalue weighted by Gasteiger charge is 2.47. The third kappa shape index (κ3) is 3.28. The van der Waals surface area contributed by atoms with Crippen molar-refractivity contribution in [1.82, 2.24) is 4.98 Å². The number of anilines is 1. The molecule has 1 fully saturated rings. The fourth-order valence-corrected chi connectivity index (χ4v) is 3.31. The topological polar surface area (TPSA) is 71.5 Å². The van der Waals surface area contributed by atoms with Gasteiger partial charge in [0.1, 0.15) is 11.2 Å². The molecule has 5 nitrogen and oxygen atoms in total. The van der Waals surface area contributed by atoms with E-state index in [-0.39, 0.29) is 31.5 Å². The number of nitrogens with one attached hydrogen (secondary N) is 1. The van der Waals surface area contributed by atoms with Gasteiger partial charge < -0.3 is 15.2 Å². The molecule has 4 rings (SSSR count). The lowest BCUT2D eigenvalue weighted by molar-refractivity contribution is -0.139. The van der Waals surface area contributed by atoms with E-state index in [1.165, 1.54) is 24.3 Å². The van der Waals surface area contributed by atoms with Crippen molar-refractivity contribution in [2.45, 2.75) is 12.0 Å². The van der Waals surface area contributed by atoms with Gasteiger partial charge >= 0.3 is 0 Å². The van der Waals surface area contributed by atoms with Crippen LogP contribution in [0, 0.1) is 5.82 Å². The number of hydrogen-bond donors (Lipinski definition) is 2. The lowest BCUT2D eigenvalue weighted by atomic mass is 9.77. The van der Waals surface area contributed by atoms with Crippen molar-refractivity contribution in [2.75, 3.05) is 18.5 Å². The van der Waals surface area contributed by atoms with Gasteiger partial charge in [-0.25, -0.2) is 4.39 Å². The molecule has 1 aliphatic heterocycles. The summed E-state index contributed by atoms with van der Waals surface area (Å²) in [7, 11) is 0. The molecule has 6 heteroatoms. The van der Waals surface area contributed by atoms with Gasteiger partial charge in [0.15, 0.2) is 0 Å². The first-order valence-corrected chi connectivity index (χ1v) is 8.93. The summed E-state index contributed by atoms with van der Waals surface area (Å²) in [6, 6.07) is 17.0. The van der Waals surface area contributed by atoms with Gasteiger partial charge in [0.25, 0.3) is 0 Å². The predicted molar refractivity (Wildman–Crippen MR) is 103 cm³/mol. The molecule has 2 N–H and O–H groups in total. The number of hydrogen-bond acceptors (Lipinski definition) is 4. The molecule has 2 heterocycles. The number of aliphatic hydroxyl groups excluding tert-OH is 1. The van der Waals surface area contributed by atoms with Crippen LogP contribution in [0.4, 0.5) is 10.1 Å². The number of carbonyl (C=O) groups excluding carboxylic acids is 1. The number of pyridine rings is 1. The third-order valence-electron chi connectivity index (χ3n) is 5.02. The maximum Gasteiger partial charge on any atom is 0.239 e. The number of benzene rings is 2. The largest absolute Gasteiger partial charge is 0.390 e. The van der Waals surface area contributed by atoms with Crippen molar-refractivity contribution in [3.8, 4) is 11.1 Å². The van der Waals surface area contributed by atoms with Crippen LogP contribution in [-0.4, -0.2) is 29.2 Å². The van der Waals surface area contributed by atoms with Crippen LogP contribution in [-0.2, 0) is 21.6 Å². The SMILES string of the molecule is O=C(Nc1ccc(F)cc1)C1(c2ccc(-c3cccnc3CO)cc2)COC1.